The molecule has 0 radical (unpaired) electrons. The van der Waals surface area contributed by atoms with Crippen LogP contribution in [0.1, 0.15) is 17.0 Å². The van der Waals surface area contributed by atoms with Gasteiger partial charge in [0.1, 0.15) is 0 Å². The van der Waals surface area contributed by atoms with Gasteiger partial charge in [-0.2, -0.15) is 0 Å². The van der Waals surface area contributed by atoms with Gasteiger partial charge in [-0.05, 0) is 31.5 Å². The van der Waals surface area contributed by atoms with Crippen molar-refractivity contribution >= 4 is 37.9 Å². The van der Waals surface area contributed by atoms with E-state index in [1.54, 1.807) is 11.3 Å². The van der Waals surface area contributed by atoms with Gasteiger partial charge in [0.05, 0.1) is 17.9 Å². The van der Waals surface area contributed by atoms with Crippen molar-refractivity contribution in [2.45, 2.75) is 20.4 Å². The van der Waals surface area contributed by atoms with E-state index < -0.39 is 0 Å². The second-order valence-corrected chi connectivity index (χ2v) is 6.30. The van der Waals surface area contributed by atoms with Crippen LogP contribution in [0.3, 0.4) is 0 Å². The molecule has 0 saturated carbocycles. The molecule has 19 heavy (non-hydrogen) atoms. The van der Waals surface area contributed by atoms with Crippen molar-refractivity contribution in [3.05, 3.63) is 51.2 Å². The molecule has 98 valence electrons. The number of thiazole rings is 1. The van der Waals surface area contributed by atoms with Gasteiger partial charge in [0, 0.05) is 21.7 Å². The average molecular weight is 336 g/mol. The molecule has 0 aliphatic heterocycles. The molecular weight excluding hydrogens is 322 g/mol. The van der Waals surface area contributed by atoms with Gasteiger partial charge >= 0.3 is 0 Å². The Kier molecular flexibility index (Phi) is 3.33. The fourth-order valence-corrected chi connectivity index (χ4v) is 3.26. The second kappa shape index (κ2) is 4.98. The van der Waals surface area contributed by atoms with E-state index in [1.807, 2.05) is 0 Å². The van der Waals surface area contributed by atoms with E-state index >= 15 is 0 Å². The lowest BCUT2D eigenvalue weighted by molar-refractivity contribution is 0.992. The number of aromatic nitrogens is 2. The summed E-state index contributed by atoms with van der Waals surface area (Å²) >= 11 is 5.17. The summed E-state index contributed by atoms with van der Waals surface area (Å²) in [6, 6.07) is 6.27. The molecule has 5 heteroatoms. The number of benzene rings is 1. The SMILES string of the molecule is Cc1ccc(Br)cc1NCc1c(C)nc2sccn12. The largest absolute Gasteiger partial charge is 0.379 e. The van der Waals surface area contributed by atoms with Gasteiger partial charge < -0.3 is 5.32 Å². The molecule has 0 spiro atoms. The number of rotatable bonds is 3. The lowest BCUT2D eigenvalue weighted by Crippen LogP contribution is -2.04. The summed E-state index contributed by atoms with van der Waals surface area (Å²) in [6.45, 7) is 4.95. The molecule has 3 aromatic rings. The van der Waals surface area contributed by atoms with Gasteiger partial charge in [0.15, 0.2) is 4.96 Å². The van der Waals surface area contributed by atoms with Crippen LogP contribution >= 0.6 is 27.3 Å². The van der Waals surface area contributed by atoms with E-state index in [0.29, 0.717) is 0 Å². The maximum atomic E-state index is 4.56. The van der Waals surface area contributed by atoms with Crippen LogP contribution in [0, 0.1) is 13.8 Å². The standard InChI is InChI=1S/C14H14BrN3S/c1-9-3-4-11(15)7-12(9)16-8-13-10(2)17-14-18(13)5-6-19-14/h3-7,16H,8H2,1-2H3. The summed E-state index contributed by atoms with van der Waals surface area (Å²) < 4.78 is 3.24. The molecule has 0 amide bonds. The van der Waals surface area contributed by atoms with Gasteiger partial charge in [-0.15, -0.1) is 11.3 Å². The van der Waals surface area contributed by atoms with Crippen LogP contribution in [-0.4, -0.2) is 9.38 Å². The topological polar surface area (TPSA) is 29.3 Å². The summed E-state index contributed by atoms with van der Waals surface area (Å²) in [4.78, 5) is 5.61. The van der Waals surface area contributed by atoms with E-state index in [0.717, 1.165) is 27.4 Å². The summed E-state index contributed by atoms with van der Waals surface area (Å²) in [5.74, 6) is 0. The number of fused-ring (bicyclic) bond motifs is 1. The highest BCUT2D eigenvalue weighted by Crippen LogP contribution is 2.23. The molecule has 2 aromatic heterocycles. The molecular formula is C14H14BrN3S. The van der Waals surface area contributed by atoms with E-state index in [2.05, 4.69) is 74.3 Å². The van der Waals surface area contributed by atoms with Crippen LogP contribution in [-0.2, 0) is 6.54 Å². The first-order chi connectivity index (χ1) is 9.15. The first-order valence-corrected chi connectivity index (χ1v) is 7.73. The van der Waals surface area contributed by atoms with E-state index in [4.69, 9.17) is 0 Å². The number of aryl methyl sites for hydroxylation is 2. The predicted molar refractivity (Wildman–Crippen MR) is 84.0 cm³/mol. The van der Waals surface area contributed by atoms with Crippen LogP contribution in [0.25, 0.3) is 4.96 Å². The van der Waals surface area contributed by atoms with E-state index in [-0.39, 0.29) is 0 Å². The fraction of sp³-hybridized carbons (Fsp3) is 0.214. The minimum Gasteiger partial charge on any atom is -0.379 e. The highest BCUT2D eigenvalue weighted by atomic mass is 79.9. The lowest BCUT2D eigenvalue weighted by Gasteiger charge is -2.10. The summed E-state index contributed by atoms with van der Waals surface area (Å²) in [6.07, 6.45) is 2.07. The van der Waals surface area contributed by atoms with Gasteiger partial charge in [-0.1, -0.05) is 22.0 Å². The monoisotopic (exact) mass is 335 g/mol. The Morgan fingerprint density at radius 1 is 1.37 bits per heavy atom. The molecule has 0 saturated heterocycles. The van der Waals surface area contributed by atoms with Gasteiger partial charge in [0.25, 0.3) is 0 Å². The molecule has 0 atom stereocenters. The molecule has 2 heterocycles. The number of anilines is 1. The lowest BCUT2D eigenvalue weighted by atomic mass is 10.2. The summed E-state index contributed by atoms with van der Waals surface area (Å²) in [5.41, 5.74) is 4.70. The highest BCUT2D eigenvalue weighted by molar-refractivity contribution is 9.10. The fourth-order valence-electron chi connectivity index (χ4n) is 2.12. The molecule has 0 aliphatic carbocycles. The van der Waals surface area contributed by atoms with Crippen molar-refractivity contribution in [3.8, 4) is 0 Å². The van der Waals surface area contributed by atoms with Crippen molar-refractivity contribution in [2.75, 3.05) is 5.32 Å². The van der Waals surface area contributed by atoms with Crippen LogP contribution in [0.5, 0.6) is 0 Å². The smallest absolute Gasteiger partial charge is 0.194 e. The van der Waals surface area contributed by atoms with Crippen LogP contribution in [0.15, 0.2) is 34.2 Å². The Balaban J connectivity index is 1.87. The Hall–Kier alpha value is -1.33. The maximum Gasteiger partial charge on any atom is 0.194 e. The molecule has 1 N–H and O–H groups in total. The number of hydrogen-bond acceptors (Lipinski definition) is 3. The normalized spacial score (nSPS) is 11.1. The first-order valence-electron chi connectivity index (χ1n) is 6.06. The zero-order chi connectivity index (χ0) is 13.4. The summed E-state index contributed by atoms with van der Waals surface area (Å²) in [5, 5.41) is 5.56. The molecule has 0 bridgehead atoms. The Labute approximate surface area is 124 Å². The highest BCUT2D eigenvalue weighted by Gasteiger charge is 2.09. The molecule has 1 aromatic carbocycles. The van der Waals surface area contributed by atoms with Crippen LogP contribution in [0.2, 0.25) is 0 Å². The first kappa shape index (κ1) is 12.7. The maximum absolute atomic E-state index is 4.56. The van der Waals surface area contributed by atoms with Gasteiger partial charge in [0.2, 0.25) is 0 Å². The third-order valence-corrected chi connectivity index (χ3v) is 4.46. The number of hydrogen-bond donors (Lipinski definition) is 1. The van der Waals surface area contributed by atoms with E-state index in [9.17, 15) is 0 Å². The van der Waals surface area contributed by atoms with Crippen LogP contribution in [0.4, 0.5) is 5.69 Å². The van der Waals surface area contributed by atoms with Gasteiger partial charge in [-0.25, -0.2) is 4.98 Å². The van der Waals surface area contributed by atoms with Crippen molar-refractivity contribution in [2.24, 2.45) is 0 Å². The number of halogens is 1. The minimum absolute atomic E-state index is 0.779. The van der Waals surface area contributed by atoms with Gasteiger partial charge in [-0.3, -0.25) is 4.40 Å². The van der Waals surface area contributed by atoms with Crippen molar-refractivity contribution < 1.29 is 0 Å². The molecule has 0 aliphatic rings. The number of nitrogens with zero attached hydrogens (tertiary/aromatic N) is 2. The predicted octanol–water partition coefficient (Wildman–Crippen LogP) is 4.39. The van der Waals surface area contributed by atoms with Crippen LogP contribution < -0.4 is 5.32 Å². The Bertz CT molecular complexity index is 729. The number of imidazole rings is 1. The summed E-state index contributed by atoms with van der Waals surface area (Å²) in [7, 11) is 0. The average Bonchev–Trinajstić information content (AvgIpc) is 2.92. The molecule has 3 nitrogen and oxygen atoms in total. The van der Waals surface area contributed by atoms with Crippen molar-refractivity contribution in [1.29, 1.82) is 0 Å². The zero-order valence-corrected chi connectivity index (χ0v) is 13.2. The Morgan fingerprint density at radius 2 is 2.21 bits per heavy atom. The van der Waals surface area contributed by atoms with Crippen molar-refractivity contribution in [3.63, 3.8) is 0 Å². The second-order valence-electron chi connectivity index (χ2n) is 4.51. The molecule has 0 fully saturated rings. The minimum atomic E-state index is 0.779. The zero-order valence-electron chi connectivity index (χ0n) is 10.8. The molecule has 3 rings (SSSR count). The quantitative estimate of drug-likeness (QED) is 0.769. The third kappa shape index (κ3) is 2.40. The number of nitrogens with one attached hydrogen (secondary N) is 1. The Morgan fingerprint density at radius 3 is 3.05 bits per heavy atom. The third-order valence-electron chi connectivity index (χ3n) is 3.21. The van der Waals surface area contributed by atoms with Crippen molar-refractivity contribution in [1.82, 2.24) is 9.38 Å². The van der Waals surface area contributed by atoms with E-state index in [1.165, 1.54) is 11.3 Å². The molecule has 0 unspecified atom stereocenters.